The molecule has 0 bridgehead atoms. The molecule has 1 amide bonds. The van der Waals surface area contributed by atoms with Crippen molar-refractivity contribution in [3.63, 3.8) is 0 Å². The molecule has 7 heteroatoms. The van der Waals surface area contributed by atoms with Crippen LogP contribution in [0.5, 0.6) is 0 Å². The van der Waals surface area contributed by atoms with E-state index in [1.807, 2.05) is 42.1 Å². The lowest BCUT2D eigenvalue weighted by atomic mass is 9.99. The highest BCUT2D eigenvalue weighted by molar-refractivity contribution is 5.93. The summed E-state index contributed by atoms with van der Waals surface area (Å²) in [5.41, 5.74) is 1.83. The minimum Gasteiger partial charge on any atom is -0.334 e. The number of hydrogen-bond acceptors (Lipinski definition) is 3. The van der Waals surface area contributed by atoms with Crippen molar-refractivity contribution in [3.8, 4) is 11.4 Å². The molecule has 0 saturated carbocycles. The molecule has 1 saturated heterocycles. The van der Waals surface area contributed by atoms with Gasteiger partial charge in [-0.25, -0.2) is 4.98 Å². The maximum atomic E-state index is 12.3. The maximum Gasteiger partial charge on any atom is 0.228 e. The third-order valence-corrected chi connectivity index (χ3v) is 3.88. The summed E-state index contributed by atoms with van der Waals surface area (Å²) >= 11 is 0. The summed E-state index contributed by atoms with van der Waals surface area (Å²) in [7, 11) is 1.96. The lowest BCUT2D eigenvalue weighted by Crippen LogP contribution is -2.37. The Hall–Kier alpha value is -1.56. The molecule has 0 radical (unpaired) electrons. The Labute approximate surface area is 148 Å². The summed E-state index contributed by atoms with van der Waals surface area (Å²) in [5, 5.41) is 6.29. The van der Waals surface area contributed by atoms with Gasteiger partial charge in [0.1, 0.15) is 5.82 Å². The average molecular weight is 357 g/mol. The smallest absolute Gasteiger partial charge is 0.228 e. The van der Waals surface area contributed by atoms with Crippen LogP contribution in [-0.4, -0.2) is 28.5 Å². The average Bonchev–Trinajstić information content (AvgIpc) is 2.94. The summed E-state index contributed by atoms with van der Waals surface area (Å²) < 4.78 is 1.96. The fourth-order valence-corrected chi connectivity index (χ4v) is 2.70. The molecule has 1 aromatic carbocycles. The Bertz CT molecular complexity index is 639. The number of benzene rings is 1. The first-order chi connectivity index (χ1) is 10.2. The highest BCUT2D eigenvalue weighted by atomic mass is 35.5. The summed E-state index contributed by atoms with van der Waals surface area (Å²) in [6.07, 6.45) is 5.70. The van der Waals surface area contributed by atoms with Gasteiger partial charge in [-0.3, -0.25) is 4.79 Å². The second-order valence-electron chi connectivity index (χ2n) is 5.48. The van der Waals surface area contributed by atoms with E-state index in [4.69, 9.17) is 0 Å². The van der Waals surface area contributed by atoms with Crippen LogP contribution in [0.1, 0.15) is 12.8 Å². The topological polar surface area (TPSA) is 59.0 Å². The van der Waals surface area contributed by atoms with E-state index >= 15 is 0 Å². The number of imidazole rings is 1. The first kappa shape index (κ1) is 19.5. The molecule has 1 unspecified atom stereocenters. The molecule has 1 aromatic heterocycles. The summed E-state index contributed by atoms with van der Waals surface area (Å²) in [5.74, 6) is 1.06. The van der Waals surface area contributed by atoms with Crippen molar-refractivity contribution in [2.45, 2.75) is 12.8 Å². The number of anilines is 1. The molecule has 23 heavy (non-hydrogen) atoms. The van der Waals surface area contributed by atoms with E-state index in [0.717, 1.165) is 43.0 Å². The predicted octanol–water partition coefficient (Wildman–Crippen LogP) is 2.87. The van der Waals surface area contributed by atoms with Crippen molar-refractivity contribution in [1.29, 1.82) is 0 Å². The molecule has 5 nitrogen and oxygen atoms in total. The fourth-order valence-electron chi connectivity index (χ4n) is 2.70. The molecule has 1 aliphatic heterocycles. The van der Waals surface area contributed by atoms with Crippen LogP contribution in [0.4, 0.5) is 5.69 Å². The van der Waals surface area contributed by atoms with Crippen LogP contribution in [0.25, 0.3) is 11.4 Å². The molecule has 1 aliphatic rings. The van der Waals surface area contributed by atoms with Crippen molar-refractivity contribution in [3.05, 3.63) is 36.7 Å². The minimum atomic E-state index is 0. The fraction of sp³-hybridized carbons (Fsp3) is 0.375. The number of piperidine rings is 1. The number of aromatic nitrogens is 2. The second-order valence-corrected chi connectivity index (χ2v) is 5.48. The van der Waals surface area contributed by atoms with Crippen LogP contribution in [-0.2, 0) is 11.8 Å². The molecule has 2 heterocycles. The van der Waals surface area contributed by atoms with Gasteiger partial charge in [-0.1, -0.05) is 12.1 Å². The Morgan fingerprint density at radius 2 is 2.22 bits per heavy atom. The predicted molar refractivity (Wildman–Crippen MR) is 97.4 cm³/mol. The highest BCUT2D eigenvalue weighted by Crippen LogP contribution is 2.21. The van der Waals surface area contributed by atoms with Gasteiger partial charge in [0.15, 0.2) is 0 Å². The van der Waals surface area contributed by atoms with Crippen LogP contribution in [0, 0.1) is 5.92 Å². The monoisotopic (exact) mass is 356 g/mol. The van der Waals surface area contributed by atoms with Crippen molar-refractivity contribution in [2.75, 3.05) is 18.4 Å². The van der Waals surface area contributed by atoms with Crippen molar-refractivity contribution in [1.82, 2.24) is 14.9 Å². The summed E-state index contributed by atoms with van der Waals surface area (Å²) in [4.78, 5) is 16.6. The SMILES string of the molecule is Cl.Cl.Cn1ccnc1-c1cccc(NC(=O)C2CCCNC2)c1. The van der Waals surface area contributed by atoms with Gasteiger partial charge in [-0.15, -0.1) is 24.8 Å². The number of carbonyl (C=O) groups is 1. The molecular formula is C16H22Cl2N4O. The van der Waals surface area contributed by atoms with Gasteiger partial charge >= 0.3 is 0 Å². The van der Waals surface area contributed by atoms with Crippen LogP contribution in [0.2, 0.25) is 0 Å². The van der Waals surface area contributed by atoms with Crippen molar-refractivity contribution < 1.29 is 4.79 Å². The standard InChI is InChI=1S/C16H20N4O.2ClH/c1-20-9-8-18-15(20)12-4-2-6-14(10-12)19-16(21)13-5-3-7-17-11-13;;/h2,4,6,8-10,13,17H,3,5,7,11H2,1H3,(H,19,21);2*1H. The van der Waals surface area contributed by atoms with E-state index < -0.39 is 0 Å². The van der Waals surface area contributed by atoms with Gasteiger partial charge in [0.2, 0.25) is 5.91 Å². The molecule has 0 aliphatic carbocycles. The van der Waals surface area contributed by atoms with Gasteiger partial charge in [-0.05, 0) is 31.5 Å². The summed E-state index contributed by atoms with van der Waals surface area (Å²) in [6, 6.07) is 7.83. The van der Waals surface area contributed by atoms with Crippen LogP contribution < -0.4 is 10.6 Å². The molecule has 3 rings (SSSR count). The molecule has 2 N–H and O–H groups in total. The number of nitrogens with zero attached hydrogens (tertiary/aromatic N) is 2. The van der Waals surface area contributed by atoms with E-state index in [1.165, 1.54) is 0 Å². The number of aryl methyl sites for hydroxylation is 1. The number of rotatable bonds is 3. The number of amides is 1. The van der Waals surface area contributed by atoms with Crippen LogP contribution in [0.3, 0.4) is 0 Å². The number of hydrogen-bond donors (Lipinski definition) is 2. The Kier molecular flexibility index (Phi) is 7.55. The highest BCUT2D eigenvalue weighted by Gasteiger charge is 2.20. The molecule has 2 aromatic rings. The molecule has 0 spiro atoms. The van der Waals surface area contributed by atoms with Crippen molar-refractivity contribution in [2.24, 2.45) is 13.0 Å². The quantitative estimate of drug-likeness (QED) is 0.888. The van der Waals surface area contributed by atoms with E-state index in [1.54, 1.807) is 6.20 Å². The zero-order chi connectivity index (χ0) is 14.7. The zero-order valence-corrected chi connectivity index (χ0v) is 14.6. The third-order valence-electron chi connectivity index (χ3n) is 3.88. The number of nitrogens with one attached hydrogen (secondary N) is 2. The van der Waals surface area contributed by atoms with Crippen LogP contribution >= 0.6 is 24.8 Å². The first-order valence-electron chi connectivity index (χ1n) is 7.33. The van der Waals surface area contributed by atoms with E-state index in [-0.39, 0.29) is 36.6 Å². The number of halogens is 2. The normalized spacial score (nSPS) is 16.8. The Balaban J connectivity index is 0.00000132. The maximum absolute atomic E-state index is 12.3. The Morgan fingerprint density at radius 1 is 1.39 bits per heavy atom. The van der Waals surface area contributed by atoms with Gasteiger partial charge < -0.3 is 15.2 Å². The number of carbonyl (C=O) groups excluding carboxylic acids is 1. The molecular weight excluding hydrogens is 335 g/mol. The van der Waals surface area contributed by atoms with Gasteiger partial charge in [0.25, 0.3) is 0 Å². The Morgan fingerprint density at radius 3 is 2.87 bits per heavy atom. The summed E-state index contributed by atoms with van der Waals surface area (Å²) in [6.45, 7) is 1.78. The van der Waals surface area contributed by atoms with E-state index in [9.17, 15) is 4.79 Å². The van der Waals surface area contributed by atoms with E-state index in [2.05, 4.69) is 15.6 Å². The van der Waals surface area contributed by atoms with Gasteiger partial charge in [-0.2, -0.15) is 0 Å². The molecule has 1 atom stereocenters. The zero-order valence-electron chi connectivity index (χ0n) is 13.0. The third kappa shape index (κ3) is 4.70. The molecule has 126 valence electrons. The van der Waals surface area contributed by atoms with Crippen molar-refractivity contribution >= 4 is 36.4 Å². The first-order valence-corrected chi connectivity index (χ1v) is 7.33. The lowest BCUT2D eigenvalue weighted by Gasteiger charge is -2.22. The van der Waals surface area contributed by atoms with Crippen LogP contribution in [0.15, 0.2) is 36.7 Å². The van der Waals surface area contributed by atoms with Gasteiger partial charge in [0.05, 0.1) is 5.92 Å². The minimum absolute atomic E-state index is 0. The largest absolute Gasteiger partial charge is 0.334 e. The lowest BCUT2D eigenvalue weighted by molar-refractivity contribution is -0.120. The van der Waals surface area contributed by atoms with Gasteiger partial charge in [0, 0.05) is 37.2 Å². The molecule has 1 fully saturated rings. The van der Waals surface area contributed by atoms with E-state index in [0.29, 0.717) is 0 Å². The second kappa shape index (κ2) is 8.91.